The van der Waals surface area contributed by atoms with E-state index < -0.39 is 18.6 Å². The van der Waals surface area contributed by atoms with Gasteiger partial charge in [0.15, 0.2) is 6.61 Å². The van der Waals surface area contributed by atoms with Gasteiger partial charge in [-0.05, 0) is 50.4 Å². The maximum Gasteiger partial charge on any atom is 0.422 e. The van der Waals surface area contributed by atoms with Gasteiger partial charge >= 0.3 is 6.18 Å². The third kappa shape index (κ3) is 7.92. The number of benzene rings is 1. The first-order valence-electron chi connectivity index (χ1n) is 7.83. The fraction of sp³-hybridized carbons (Fsp3) is 0.562. The molecule has 0 aromatic heterocycles. The quantitative estimate of drug-likeness (QED) is 0.731. The second-order valence-corrected chi connectivity index (χ2v) is 5.82. The summed E-state index contributed by atoms with van der Waals surface area (Å²) in [6, 6.07) is 3.08. The van der Waals surface area contributed by atoms with Crippen LogP contribution in [-0.4, -0.2) is 31.8 Å². The molecule has 1 fully saturated rings. The van der Waals surface area contributed by atoms with Gasteiger partial charge in [0.1, 0.15) is 11.6 Å². The summed E-state index contributed by atoms with van der Waals surface area (Å²) in [5.74, 6) is -0.925. The lowest BCUT2D eigenvalue weighted by Crippen LogP contribution is -2.28. The van der Waals surface area contributed by atoms with E-state index in [1.54, 1.807) is 0 Å². The number of amides is 1. The van der Waals surface area contributed by atoms with Gasteiger partial charge in [-0.15, -0.1) is 12.4 Å². The third-order valence-corrected chi connectivity index (χ3v) is 3.85. The predicted octanol–water partition coefficient (Wildman–Crippen LogP) is 3.91. The number of carbonyl (C=O) groups is 1. The van der Waals surface area contributed by atoms with Crippen molar-refractivity contribution in [1.82, 2.24) is 5.32 Å². The zero-order valence-electron chi connectivity index (χ0n) is 13.5. The Balaban J connectivity index is 0.00000312. The molecule has 1 aromatic rings. The Labute approximate surface area is 149 Å². The van der Waals surface area contributed by atoms with Gasteiger partial charge in [-0.25, -0.2) is 4.39 Å². The maximum atomic E-state index is 13.2. The summed E-state index contributed by atoms with van der Waals surface area (Å²) in [6.07, 6.45) is -1.55. The number of hydrogen-bond acceptors (Lipinski definition) is 3. The molecule has 0 spiro atoms. The van der Waals surface area contributed by atoms with Gasteiger partial charge in [0.2, 0.25) is 5.91 Å². The minimum absolute atomic E-state index is 0. The first-order chi connectivity index (χ1) is 11.3. The highest BCUT2D eigenvalue weighted by Crippen LogP contribution is 2.28. The molecular weight excluding hydrogens is 364 g/mol. The number of piperidine rings is 1. The Bertz CT molecular complexity index is 564. The average molecular weight is 385 g/mol. The second-order valence-electron chi connectivity index (χ2n) is 5.82. The van der Waals surface area contributed by atoms with E-state index in [0.717, 1.165) is 38.1 Å². The molecule has 2 rings (SSSR count). The molecule has 2 N–H and O–H groups in total. The normalized spacial score (nSPS) is 15.4. The molecule has 1 aliphatic rings. The number of nitrogens with one attached hydrogen (secondary N) is 2. The van der Waals surface area contributed by atoms with Gasteiger partial charge in [-0.3, -0.25) is 4.79 Å². The number of rotatable bonds is 6. The van der Waals surface area contributed by atoms with E-state index >= 15 is 0 Å². The molecule has 1 aromatic carbocycles. The van der Waals surface area contributed by atoms with Crippen molar-refractivity contribution in [3.05, 3.63) is 24.0 Å². The summed E-state index contributed by atoms with van der Waals surface area (Å²) >= 11 is 0. The molecule has 0 unspecified atom stereocenters. The van der Waals surface area contributed by atoms with Crippen LogP contribution >= 0.6 is 12.4 Å². The van der Waals surface area contributed by atoms with Crippen molar-refractivity contribution in [2.75, 3.05) is 25.0 Å². The fourth-order valence-electron chi connectivity index (χ4n) is 2.60. The van der Waals surface area contributed by atoms with E-state index in [4.69, 9.17) is 0 Å². The van der Waals surface area contributed by atoms with E-state index in [1.807, 2.05) is 0 Å². The van der Waals surface area contributed by atoms with E-state index in [1.165, 1.54) is 6.07 Å². The summed E-state index contributed by atoms with van der Waals surface area (Å²) in [7, 11) is 0. The van der Waals surface area contributed by atoms with E-state index in [2.05, 4.69) is 15.4 Å². The Morgan fingerprint density at radius 2 is 1.96 bits per heavy atom. The van der Waals surface area contributed by atoms with Crippen LogP contribution in [-0.2, 0) is 4.79 Å². The van der Waals surface area contributed by atoms with Crippen molar-refractivity contribution < 1.29 is 27.1 Å². The zero-order chi connectivity index (χ0) is 17.6. The SMILES string of the molecule is Cl.O=C(CCC1CCNCC1)Nc1ccc(F)cc1OCC(F)(F)F. The van der Waals surface area contributed by atoms with E-state index in [-0.39, 0.29) is 36.2 Å². The molecule has 142 valence electrons. The first kappa shape index (κ1) is 21.5. The van der Waals surface area contributed by atoms with Crippen LogP contribution in [0.15, 0.2) is 18.2 Å². The van der Waals surface area contributed by atoms with Crippen molar-refractivity contribution >= 4 is 24.0 Å². The van der Waals surface area contributed by atoms with Crippen molar-refractivity contribution in [3.63, 3.8) is 0 Å². The van der Waals surface area contributed by atoms with Gasteiger partial charge in [0.25, 0.3) is 0 Å². The number of alkyl halides is 3. The Morgan fingerprint density at radius 1 is 1.28 bits per heavy atom. The average Bonchev–Trinajstić information content (AvgIpc) is 2.53. The van der Waals surface area contributed by atoms with E-state index in [9.17, 15) is 22.4 Å². The van der Waals surface area contributed by atoms with Crippen LogP contribution in [0, 0.1) is 11.7 Å². The van der Waals surface area contributed by atoms with Crippen LogP contribution in [0.3, 0.4) is 0 Å². The number of hydrogen-bond donors (Lipinski definition) is 2. The molecule has 4 nitrogen and oxygen atoms in total. The van der Waals surface area contributed by atoms with Crippen molar-refractivity contribution in [2.45, 2.75) is 31.9 Å². The standard InChI is InChI=1S/C16H20F4N2O2.ClH/c17-12-2-3-13(14(9-12)24-10-16(18,19)20)22-15(23)4-1-11-5-7-21-8-6-11;/h2-3,9,11,21H,1,4-8,10H2,(H,22,23);1H. The number of carbonyl (C=O) groups excluding carboxylic acids is 1. The lowest BCUT2D eigenvalue weighted by Gasteiger charge is -2.22. The van der Waals surface area contributed by atoms with Crippen LogP contribution in [0.1, 0.15) is 25.7 Å². The molecule has 0 radical (unpaired) electrons. The predicted molar refractivity (Wildman–Crippen MR) is 88.7 cm³/mol. The number of ether oxygens (including phenoxy) is 1. The van der Waals surface area contributed by atoms with Crippen LogP contribution in [0.4, 0.5) is 23.2 Å². The second kappa shape index (κ2) is 9.82. The van der Waals surface area contributed by atoms with Crippen molar-refractivity contribution in [2.24, 2.45) is 5.92 Å². The van der Waals surface area contributed by atoms with Gasteiger partial charge in [0.05, 0.1) is 5.69 Å². The van der Waals surface area contributed by atoms with Gasteiger partial charge in [-0.1, -0.05) is 0 Å². The molecule has 1 aliphatic heterocycles. The topological polar surface area (TPSA) is 50.4 Å². The molecule has 0 aliphatic carbocycles. The Morgan fingerprint density at radius 3 is 2.60 bits per heavy atom. The summed E-state index contributed by atoms with van der Waals surface area (Å²) in [5.41, 5.74) is 0.0379. The van der Waals surface area contributed by atoms with Crippen molar-refractivity contribution in [3.8, 4) is 5.75 Å². The van der Waals surface area contributed by atoms with Crippen LogP contribution in [0.5, 0.6) is 5.75 Å². The van der Waals surface area contributed by atoms with Gasteiger partial charge in [-0.2, -0.15) is 13.2 Å². The maximum absolute atomic E-state index is 13.2. The minimum atomic E-state index is -4.54. The molecule has 1 saturated heterocycles. The highest BCUT2D eigenvalue weighted by Gasteiger charge is 2.29. The molecule has 0 saturated carbocycles. The van der Waals surface area contributed by atoms with Crippen LogP contribution < -0.4 is 15.4 Å². The summed E-state index contributed by atoms with van der Waals surface area (Å²) in [6.45, 7) is 0.313. The number of halogens is 5. The Hall–Kier alpha value is -1.54. The molecule has 25 heavy (non-hydrogen) atoms. The van der Waals surface area contributed by atoms with Gasteiger partial charge in [0, 0.05) is 12.5 Å². The molecule has 1 amide bonds. The lowest BCUT2D eigenvalue weighted by molar-refractivity contribution is -0.153. The fourth-order valence-corrected chi connectivity index (χ4v) is 2.60. The third-order valence-electron chi connectivity index (χ3n) is 3.85. The zero-order valence-corrected chi connectivity index (χ0v) is 14.3. The largest absolute Gasteiger partial charge is 0.482 e. The molecule has 0 atom stereocenters. The molecule has 9 heteroatoms. The summed E-state index contributed by atoms with van der Waals surface area (Å²) in [5, 5.41) is 5.74. The Kier molecular flexibility index (Phi) is 8.44. The van der Waals surface area contributed by atoms with Crippen molar-refractivity contribution in [1.29, 1.82) is 0 Å². The highest BCUT2D eigenvalue weighted by atomic mass is 35.5. The summed E-state index contributed by atoms with van der Waals surface area (Å²) in [4.78, 5) is 12.0. The molecule has 1 heterocycles. The molecule has 0 bridgehead atoms. The minimum Gasteiger partial charge on any atom is -0.482 e. The summed E-state index contributed by atoms with van der Waals surface area (Å²) < 4.78 is 54.6. The lowest BCUT2D eigenvalue weighted by atomic mass is 9.93. The molecular formula is C16H21ClF4N2O2. The monoisotopic (exact) mass is 384 g/mol. The number of anilines is 1. The van der Waals surface area contributed by atoms with Crippen LogP contribution in [0.25, 0.3) is 0 Å². The highest BCUT2D eigenvalue weighted by molar-refractivity contribution is 5.92. The first-order valence-corrected chi connectivity index (χ1v) is 7.83. The smallest absolute Gasteiger partial charge is 0.422 e. The van der Waals surface area contributed by atoms with Crippen LogP contribution in [0.2, 0.25) is 0 Å². The van der Waals surface area contributed by atoms with Gasteiger partial charge < -0.3 is 15.4 Å². The van der Waals surface area contributed by atoms with E-state index in [0.29, 0.717) is 12.3 Å².